The maximum atomic E-state index is 13.6. The van der Waals surface area contributed by atoms with Crippen molar-refractivity contribution in [3.8, 4) is 34.1 Å². The van der Waals surface area contributed by atoms with Crippen LogP contribution < -0.4 is 4.74 Å². The molecule has 1 saturated heterocycles. The van der Waals surface area contributed by atoms with Crippen LogP contribution in [0.25, 0.3) is 44.6 Å². The van der Waals surface area contributed by atoms with Gasteiger partial charge in [0, 0.05) is 42.7 Å². The van der Waals surface area contributed by atoms with Gasteiger partial charge in [0.15, 0.2) is 5.82 Å². The third kappa shape index (κ3) is 4.09. The number of ether oxygens (including phenoxy) is 1. The standard InChI is InChI=1S/C35H34N4O5/c1-18-25-12-23(25)17-38(18)34(41)22-13-27-32(30(15-22)44-3)37(2)33(36-27)28-14-21-5-4-6-24(31(21)39(28)16-19-7-8-19)20-9-10-29(40)26(11-20)35(42)43/h4-6,9-11,13-15,18-19,23,25,40H,7-8,12,16-17H2,1-3H3,(H,42,43)/t18-,23?,25-/m0/s1. The van der Waals surface area contributed by atoms with Gasteiger partial charge in [-0.2, -0.15) is 0 Å². The number of aromatic carboxylic acids is 1. The van der Waals surface area contributed by atoms with Crippen LogP contribution in [0.2, 0.25) is 0 Å². The molecule has 3 heterocycles. The van der Waals surface area contributed by atoms with Crippen LogP contribution in [0.4, 0.5) is 0 Å². The predicted octanol–water partition coefficient (Wildman–Crippen LogP) is 6.16. The number of carbonyl (C=O) groups excluding carboxylic acids is 1. The van der Waals surface area contributed by atoms with Crippen LogP contribution >= 0.6 is 0 Å². The first-order valence-electron chi connectivity index (χ1n) is 15.3. The summed E-state index contributed by atoms with van der Waals surface area (Å²) < 4.78 is 10.2. The smallest absolute Gasteiger partial charge is 0.339 e. The number of aryl methyl sites for hydroxylation is 1. The summed E-state index contributed by atoms with van der Waals surface area (Å²) in [6.45, 7) is 3.77. The minimum Gasteiger partial charge on any atom is -0.507 e. The number of amides is 1. The number of imidazole rings is 1. The van der Waals surface area contributed by atoms with E-state index >= 15 is 0 Å². The maximum absolute atomic E-state index is 13.6. The zero-order valence-electron chi connectivity index (χ0n) is 24.9. The van der Waals surface area contributed by atoms with E-state index in [1.165, 1.54) is 18.6 Å². The van der Waals surface area contributed by atoms with E-state index in [9.17, 15) is 19.8 Å². The first-order valence-corrected chi connectivity index (χ1v) is 15.3. The average Bonchev–Trinajstić information content (AvgIpc) is 3.91. The summed E-state index contributed by atoms with van der Waals surface area (Å²) in [5, 5.41) is 20.8. The second-order valence-electron chi connectivity index (χ2n) is 12.8. The van der Waals surface area contributed by atoms with Crippen molar-refractivity contribution in [2.24, 2.45) is 24.8 Å². The van der Waals surface area contributed by atoms with Gasteiger partial charge in [0.05, 0.1) is 23.8 Å². The van der Waals surface area contributed by atoms with Gasteiger partial charge in [-0.25, -0.2) is 9.78 Å². The van der Waals surface area contributed by atoms with Gasteiger partial charge in [0.2, 0.25) is 0 Å². The summed E-state index contributed by atoms with van der Waals surface area (Å²) in [6.07, 6.45) is 3.53. The molecule has 2 aliphatic carbocycles. The van der Waals surface area contributed by atoms with Gasteiger partial charge in [-0.3, -0.25) is 4.79 Å². The van der Waals surface area contributed by atoms with E-state index in [0.29, 0.717) is 34.6 Å². The normalized spacial score (nSPS) is 20.8. The van der Waals surface area contributed by atoms with E-state index in [1.54, 1.807) is 13.2 Å². The summed E-state index contributed by atoms with van der Waals surface area (Å²) in [4.78, 5) is 32.6. The van der Waals surface area contributed by atoms with Crippen molar-refractivity contribution in [2.45, 2.75) is 38.8 Å². The summed E-state index contributed by atoms with van der Waals surface area (Å²) in [6, 6.07) is 16.9. The molecule has 224 valence electrons. The highest BCUT2D eigenvalue weighted by Gasteiger charge is 2.52. The van der Waals surface area contributed by atoms with Crippen molar-refractivity contribution in [3.05, 3.63) is 65.7 Å². The van der Waals surface area contributed by atoms with Crippen molar-refractivity contribution in [2.75, 3.05) is 13.7 Å². The fourth-order valence-corrected chi connectivity index (χ4v) is 7.34. The second kappa shape index (κ2) is 9.61. The Labute approximate surface area is 254 Å². The number of para-hydroxylation sites is 1. The molecule has 1 unspecified atom stereocenters. The lowest BCUT2D eigenvalue weighted by Crippen LogP contribution is -2.36. The number of benzene rings is 3. The molecule has 1 aliphatic heterocycles. The monoisotopic (exact) mass is 590 g/mol. The summed E-state index contributed by atoms with van der Waals surface area (Å²) >= 11 is 0. The lowest BCUT2D eigenvalue weighted by atomic mass is 10.00. The Bertz CT molecular complexity index is 2020. The van der Waals surface area contributed by atoms with Gasteiger partial charge in [-0.15, -0.1) is 0 Å². The molecule has 44 heavy (non-hydrogen) atoms. The molecule has 2 N–H and O–H groups in total. The van der Waals surface area contributed by atoms with Gasteiger partial charge in [0.25, 0.3) is 5.91 Å². The lowest BCUT2D eigenvalue weighted by Gasteiger charge is -2.24. The van der Waals surface area contributed by atoms with E-state index in [-0.39, 0.29) is 23.3 Å². The minimum atomic E-state index is -1.17. The Balaban J connectivity index is 1.29. The van der Waals surface area contributed by atoms with Crippen LogP contribution in [0.3, 0.4) is 0 Å². The van der Waals surface area contributed by atoms with Gasteiger partial charge in [-0.05, 0) is 79.8 Å². The summed E-state index contributed by atoms with van der Waals surface area (Å²) in [5.74, 6) is 1.78. The van der Waals surface area contributed by atoms with Crippen molar-refractivity contribution in [1.29, 1.82) is 0 Å². The molecule has 8 rings (SSSR count). The number of hydrogen-bond donors (Lipinski definition) is 2. The number of carboxylic acid groups (broad SMARTS) is 1. The Morgan fingerprint density at radius 1 is 1.07 bits per heavy atom. The molecule has 3 aliphatic rings. The molecular weight excluding hydrogens is 556 g/mol. The first-order chi connectivity index (χ1) is 21.2. The van der Waals surface area contributed by atoms with Crippen LogP contribution in [0.1, 0.15) is 46.9 Å². The minimum absolute atomic E-state index is 0.0271. The first kappa shape index (κ1) is 26.8. The Morgan fingerprint density at radius 2 is 1.89 bits per heavy atom. The van der Waals surface area contributed by atoms with Crippen LogP contribution in [0, 0.1) is 17.8 Å². The number of phenols is 1. The number of fused-ring (bicyclic) bond motifs is 3. The van der Waals surface area contributed by atoms with Crippen molar-refractivity contribution in [3.63, 3.8) is 0 Å². The molecule has 3 fully saturated rings. The van der Waals surface area contributed by atoms with Crippen LogP contribution in [0.15, 0.2) is 54.6 Å². The Hall–Kier alpha value is -4.79. The van der Waals surface area contributed by atoms with Crippen LogP contribution in [-0.4, -0.2) is 60.8 Å². The molecule has 0 bridgehead atoms. The quantitative estimate of drug-likeness (QED) is 0.235. The van der Waals surface area contributed by atoms with E-state index in [0.717, 1.165) is 65.0 Å². The van der Waals surface area contributed by atoms with Gasteiger partial charge < -0.3 is 29.0 Å². The average molecular weight is 591 g/mol. The topological polar surface area (TPSA) is 110 Å². The fourth-order valence-electron chi connectivity index (χ4n) is 7.34. The van der Waals surface area contributed by atoms with E-state index in [1.807, 2.05) is 40.8 Å². The maximum Gasteiger partial charge on any atom is 0.339 e. The highest BCUT2D eigenvalue weighted by molar-refractivity contribution is 6.02. The van der Waals surface area contributed by atoms with E-state index in [2.05, 4.69) is 23.6 Å². The number of nitrogens with zero attached hydrogens (tertiary/aromatic N) is 4. The fraction of sp³-hybridized carbons (Fsp3) is 0.343. The largest absolute Gasteiger partial charge is 0.507 e. The SMILES string of the molecule is COc1cc(C(=O)N2CC3C[C@H]3[C@@H]2C)cc2nc(-c3cc4cccc(-c5ccc(O)c(C(=O)O)c5)c4n3CC3CC3)n(C)c12. The number of aromatic nitrogens is 3. The number of carbonyl (C=O) groups is 2. The third-order valence-electron chi connectivity index (χ3n) is 10.0. The molecule has 0 spiro atoms. The molecule has 2 aromatic heterocycles. The molecule has 0 radical (unpaired) electrons. The van der Waals surface area contributed by atoms with Gasteiger partial charge in [-0.1, -0.05) is 24.3 Å². The summed E-state index contributed by atoms with van der Waals surface area (Å²) in [7, 11) is 3.60. The molecule has 2 saturated carbocycles. The van der Waals surface area contributed by atoms with E-state index in [4.69, 9.17) is 9.72 Å². The lowest BCUT2D eigenvalue weighted by molar-refractivity contribution is 0.0691. The number of hydrogen-bond acceptors (Lipinski definition) is 5. The molecule has 1 amide bonds. The number of rotatable bonds is 7. The predicted molar refractivity (Wildman–Crippen MR) is 167 cm³/mol. The van der Waals surface area contributed by atoms with Gasteiger partial charge in [0.1, 0.15) is 22.6 Å². The molecule has 5 aromatic rings. The molecule has 9 heteroatoms. The zero-order valence-corrected chi connectivity index (χ0v) is 24.9. The molecule has 3 atom stereocenters. The van der Waals surface area contributed by atoms with Crippen LogP contribution in [-0.2, 0) is 13.6 Å². The summed E-state index contributed by atoms with van der Waals surface area (Å²) in [5.41, 5.74) is 5.53. The molecule has 3 aromatic carbocycles. The van der Waals surface area contributed by atoms with E-state index < -0.39 is 5.97 Å². The Morgan fingerprint density at radius 3 is 2.59 bits per heavy atom. The highest BCUT2D eigenvalue weighted by atomic mass is 16.5. The number of carboxylic acids is 1. The second-order valence-corrected chi connectivity index (χ2v) is 12.8. The highest BCUT2D eigenvalue weighted by Crippen LogP contribution is 2.50. The van der Waals surface area contributed by atoms with Gasteiger partial charge >= 0.3 is 5.97 Å². The van der Waals surface area contributed by atoms with Crippen molar-refractivity contribution < 1.29 is 24.5 Å². The molecular formula is C35H34N4O5. The molecule has 9 nitrogen and oxygen atoms in total. The number of aromatic hydroxyl groups is 1. The Kier molecular flexibility index (Phi) is 5.85. The zero-order chi connectivity index (χ0) is 30.4. The number of piperidine rings is 1. The van der Waals surface area contributed by atoms with Crippen LogP contribution in [0.5, 0.6) is 11.5 Å². The number of methoxy groups -OCH3 is 1. The van der Waals surface area contributed by atoms with Crippen molar-refractivity contribution >= 4 is 33.8 Å². The third-order valence-corrected chi connectivity index (χ3v) is 10.0. The number of likely N-dealkylation sites (tertiary alicyclic amines) is 1. The van der Waals surface area contributed by atoms with Crippen molar-refractivity contribution in [1.82, 2.24) is 19.0 Å².